The van der Waals surface area contributed by atoms with Gasteiger partial charge in [-0.3, -0.25) is 9.59 Å². The summed E-state index contributed by atoms with van der Waals surface area (Å²) in [4.78, 5) is 23.0. The number of methoxy groups -OCH3 is 1. The lowest BCUT2D eigenvalue weighted by Crippen LogP contribution is -2.36. The van der Waals surface area contributed by atoms with E-state index in [4.69, 9.17) is 26.8 Å². The monoisotopic (exact) mass is 327 g/mol. The van der Waals surface area contributed by atoms with Crippen LogP contribution in [0.5, 0.6) is 11.5 Å². The van der Waals surface area contributed by atoms with Crippen molar-refractivity contribution in [3.8, 4) is 11.5 Å². The third-order valence-electron chi connectivity index (χ3n) is 3.25. The third-order valence-corrected chi connectivity index (χ3v) is 3.53. The molecule has 1 fully saturated rings. The van der Waals surface area contributed by atoms with Gasteiger partial charge in [-0.05, 0) is 25.1 Å². The molecule has 1 atom stereocenters. The van der Waals surface area contributed by atoms with Crippen molar-refractivity contribution in [2.45, 2.75) is 12.5 Å². The predicted octanol–water partition coefficient (Wildman–Crippen LogP) is 0.304. The second kappa shape index (κ2) is 7.33. The van der Waals surface area contributed by atoms with Crippen molar-refractivity contribution in [2.24, 2.45) is 5.73 Å². The van der Waals surface area contributed by atoms with Crippen molar-refractivity contribution in [3.05, 3.63) is 22.7 Å². The van der Waals surface area contributed by atoms with Gasteiger partial charge in [0.25, 0.3) is 11.8 Å². The molecule has 1 heterocycles. The molecule has 1 unspecified atom stereocenters. The summed E-state index contributed by atoms with van der Waals surface area (Å²) in [5.41, 5.74) is 5.39. The molecule has 4 N–H and O–H groups in total. The van der Waals surface area contributed by atoms with Crippen LogP contribution in [0.25, 0.3) is 0 Å². The predicted molar refractivity (Wildman–Crippen MR) is 81.4 cm³/mol. The Morgan fingerprint density at radius 1 is 1.50 bits per heavy atom. The number of benzene rings is 1. The molecule has 1 saturated heterocycles. The fraction of sp³-hybridized carbons (Fsp3) is 0.429. The molecule has 22 heavy (non-hydrogen) atoms. The molecule has 1 aliphatic heterocycles. The van der Waals surface area contributed by atoms with Gasteiger partial charge in [0.05, 0.1) is 12.1 Å². The van der Waals surface area contributed by atoms with Gasteiger partial charge in [0.2, 0.25) is 0 Å². The number of ether oxygens (including phenoxy) is 2. The van der Waals surface area contributed by atoms with Gasteiger partial charge in [-0.1, -0.05) is 11.6 Å². The highest BCUT2D eigenvalue weighted by Gasteiger charge is 2.20. The number of carbonyl (C=O) groups excluding carboxylic acids is 2. The average molecular weight is 328 g/mol. The van der Waals surface area contributed by atoms with Gasteiger partial charge >= 0.3 is 0 Å². The number of rotatable bonds is 6. The van der Waals surface area contributed by atoms with Crippen LogP contribution in [-0.2, 0) is 4.79 Å². The number of nitrogens with two attached hydrogens (primary N) is 1. The molecule has 0 aliphatic carbocycles. The van der Waals surface area contributed by atoms with Crippen LogP contribution in [0.1, 0.15) is 16.8 Å². The summed E-state index contributed by atoms with van der Waals surface area (Å²) in [6.45, 7) is 1.31. The lowest BCUT2D eigenvalue weighted by Gasteiger charge is -2.15. The van der Waals surface area contributed by atoms with Crippen LogP contribution < -0.4 is 25.8 Å². The first-order valence-electron chi connectivity index (χ1n) is 6.81. The lowest BCUT2D eigenvalue weighted by molar-refractivity contribution is -0.119. The fourth-order valence-corrected chi connectivity index (χ4v) is 2.45. The van der Waals surface area contributed by atoms with Crippen molar-refractivity contribution in [3.63, 3.8) is 0 Å². The Hall–Kier alpha value is -1.99. The smallest absolute Gasteiger partial charge is 0.255 e. The van der Waals surface area contributed by atoms with Crippen LogP contribution in [-0.4, -0.2) is 44.7 Å². The number of primary amides is 1. The molecule has 120 valence electrons. The minimum Gasteiger partial charge on any atom is -0.493 e. The highest BCUT2D eigenvalue weighted by Crippen LogP contribution is 2.36. The Bertz CT molecular complexity index is 573. The van der Waals surface area contributed by atoms with E-state index >= 15 is 0 Å². The molecule has 1 aliphatic rings. The van der Waals surface area contributed by atoms with Crippen LogP contribution in [0.15, 0.2) is 12.1 Å². The third kappa shape index (κ3) is 4.02. The van der Waals surface area contributed by atoms with E-state index in [1.807, 2.05) is 0 Å². The molecular weight excluding hydrogens is 310 g/mol. The Morgan fingerprint density at radius 3 is 2.86 bits per heavy atom. The number of hydrogen-bond donors (Lipinski definition) is 3. The van der Waals surface area contributed by atoms with E-state index in [-0.39, 0.29) is 35.1 Å². The van der Waals surface area contributed by atoms with E-state index in [1.54, 1.807) is 0 Å². The first-order chi connectivity index (χ1) is 10.5. The molecule has 7 nitrogen and oxygen atoms in total. The summed E-state index contributed by atoms with van der Waals surface area (Å²) in [5, 5.41) is 6.26. The number of carbonyl (C=O) groups is 2. The zero-order chi connectivity index (χ0) is 16.1. The van der Waals surface area contributed by atoms with Crippen LogP contribution in [0.3, 0.4) is 0 Å². The van der Waals surface area contributed by atoms with Crippen LogP contribution in [0, 0.1) is 0 Å². The minimum atomic E-state index is -0.631. The van der Waals surface area contributed by atoms with Crippen LogP contribution >= 0.6 is 11.6 Å². The molecule has 0 bridgehead atoms. The molecule has 0 aromatic heterocycles. The Labute approximate surface area is 133 Å². The molecule has 0 radical (unpaired) electrons. The molecule has 1 aromatic rings. The Balaban J connectivity index is 2.16. The van der Waals surface area contributed by atoms with Crippen molar-refractivity contribution in [2.75, 3.05) is 26.8 Å². The average Bonchev–Trinajstić information content (AvgIpc) is 2.97. The number of hydrogen-bond acceptors (Lipinski definition) is 5. The number of halogens is 1. The summed E-state index contributed by atoms with van der Waals surface area (Å²) in [7, 11) is 1.42. The van der Waals surface area contributed by atoms with Gasteiger partial charge in [0.1, 0.15) is 0 Å². The quantitative estimate of drug-likeness (QED) is 0.697. The standard InChI is InChI=1S/C14H18ClN3O4/c1-21-11-5-8(14(20)18-9-2-3-17-6-9)4-10(15)13(11)22-7-12(16)19/h4-5,9,17H,2-3,6-7H2,1H3,(H2,16,19)(H,18,20). The SMILES string of the molecule is COc1cc(C(=O)NC2CCNC2)cc(Cl)c1OCC(N)=O. The van der Waals surface area contributed by atoms with E-state index in [0.717, 1.165) is 19.5 Å². The summed E-state index contributed by atoms with van der Waals surface area (Å²) < 4.78 is 10.4. The zero-order valence-electron chi connectivity index (χ0n) is 12.1. The maximum atomic E-state index is 12.2. The normalized spacial score (nSPS) is 17.1. The molecule has 0 spiro atoms. The Kier molecular flexibility index (Phi) is 5.46. The minimum absolute atomic E-state index is 0.100. The fourth-order valence-electron chi connectivity index (χ4n) is 2.18. The summed E-state index contributed by atoms with van der Waals surface area (Å²) in [6, 6.07) is 3.08. The van der Waals surface area contributed by atoms with Crippen LogP contribution in [0.2, 0.25) is 5.02 Å². The van der Waals surface area contributed by atoms with Gasteiger partial charge < -0.3 is 25.8 Å². The molecular formula is C14H18ClN3O4. The summed E-state index contributed by atoms with van der Waals surface area (Å²) in [6.07, 6.45) is 0.885. The molecule has 2 rings (SSSR count). The van der Waals surface area contributed by atoms with Crippen molar-refractivity contribution in [1.82, 2.24) is 10.6 Å². The zero-order valence-corrected chi connectivity index (χ0v) is 12.9. The van der Waals surface area contributed by atoms with E-state index in [9.17, 15) is 9.59 Å². The van der Waals surface area contributed by atoms with Gasteiger partial charge in [-0.15, -0.1) is 0 Å². The molecule has 8 heteroatoms. The topological polar surface area (TPSA) is 103 Å². The maximum Gasteiger partial charge on any atom is 0.255 e. The van der Waals surface area contributed by atoms with Crippen molar-refractivity contribution >= 4 is 23.4 Å². The highest BCUT2D eigenvalue weighted by atomic mass is 35.5. The lowest BCUT2D eigenvalue weighted by atomic mass is 10.1. The largest absolute Gasteiger partial charge is 0.493 e. The molecule has 2 amide bonds. The van der Waals surface area contributed by atoms with E-state index in [1.165, 1.54) is 19.2 Å². The second-order valence-electron chi connectivity index (χ2n) is 4.91. The Morgan fingerprint density at radius 2 is 2.27 bits per heavy atom. The van der Waals surface area contributed by atoms with E-state index < -0.39 is 5.91 Å². The van der Waals surface area contributed by atoms with Crippen LogP contribution in [0.4, 0.5) is 0 Å². The number of nitrogens with one attached hydrogen (secondary N) is 2. The van der Waals surface area contributed by atoms with Gasteiger partial charge in [-0.2, -0.15) is 0 Å². The van der Waals surface area contributed by atoms with E-state index in [0.29, 0.717) is 5.56 Å². The van der Waals surface area contributed by atoms with Gasteiger partial charge in [0, 0.05) is 18.2 Å². The van der Waals surface area contributed by atoms with Crippen molar-refractivity contribution < 1.29 is 19.1 Å². The number of amides is 2. The first kappa shape index (κ1) is 16.4. The van der Waals surface area contributed by atoms with Gasteiger partial charge in [0.15, 0.2) is 18.1 Å². The molecule has 1 aromatic carbocycles. The second-order valence-corrected chi connectivity index (χ2v) is 5.31. The summed E-state index contributed by atoms with van der Waals surface area (Å²) in [5.74, 6) is -0.422. The van der Waals surface area contributed by atoms with Gasteiger partial charge in [-0.25, -0.2) is 0 Å². The maximum absolute atomic E-state index is 12.2. The molecule has 0 saturated carbocycles. The van der Waals surface area contributed by atoms with E-state index in [2.05, 4.69) is 10.6 Å². The van der Waals surface area contributed by atoms with Crippen molar-refractivity contribution in [1.29, 1.82) is 0 Å². The highest BCUT2D eigenvalue weighted by molar-refractivity contribution is 6.32. The first-order valence-corrected chi connectivity index (χ1v) is 7.19. The summed E-state index contributed by atoms with van der Waals surface area (Å²) >= 11 is 6.11.